The van der Waals surface area contributed by atoms with E-state index in [4.69, 9.17) is 0 Å². The van der Waals surface area contributed by atoms with Gasteiger partial charge in [0.15, 0.2) is 0 Å². The zero-order valence-electron chi connectivity index (χ0n) is 16.9. The van der Waals surface area contributed by atoms with Gasteiger partial charge in [0.25, 0.3) is 0 Å². The Hall–Kier alpha value is -1.49. The fourth-order valence-corrected chi connectivity index (χ4v) is 6.72. The monoisotopic (exact) mass is 400 g/mol. The molecule has 3 fully saturated rings. The molecule has 4 rings (SSSR count). The lowest BCUT2D eigenvalue weighted by molar-refractivity contribution is -0.140. The van der Waals surface area contributed by atoms with Crippen molar-refractivity contribution in [3.8, 4) is 0 Å². The van der Waals surface area contributed by atoms with Crippen molar-refractivity contribution < 1.29 is 9.59 Å². The predicted octanol–water partition coefficient (Wildman–Crippen LogP) is 4.26. The molecular weight excluding hydrogens is 368 g/mol. The lowest BCUT2D eigenvalue weighted by Crippen LogP contribution is -2.55. The maximum atomic E-state index is 13.2. The van der Waals surface area contributed by atoms with Gasteiger partial charge in [-0.2, -0.15) is 0 Å². The van der Waals surface area contributed by atoms with Gasteiger partial charge in [-0.3, -0.25) is 9.59 Å². The molecule has 1 aliphatic carbocycles. The second kappa shape index (κ2) is 8.48. The van der Waals surface area contributed by atoms with E-state index in [1.807, 2.05) is 34.9 Å². The van der Waals surface area contributed by atoms with Crippen LogP contribution in [0.5, 0.6) is 0 Å². The van der Waals surface area contributed by atoms with Crippen molar-refractivity contribution in [1.29, 1.82) is 0 Å². The van der Waals surface area contributed by atoms with Crippen molar-refractivity contribution >= 4 is 23.6 Å². The molecule has 4 nitrogen and oxygen atoms in total. The molecule has 0 bridgehead atoms. The van der Waals surface area contributed by atoms with E-state index in [1.165, 1.54) is 12.8 Å². The van der Waals surface area contributed by atoms with E-state index in [0.717, 1.165) is 63.1 Å². The van der Waals surface area contributed by atoms with Crippen LogP contribution < -0.4 is 0 Å². The third-order valence-corrected chi connectivity index (χ3v) is 8.47. The van der Waals surface area contributed by atoms with E-state index < -0.39 is 0 Å². The molecule has 5 heteroatoms. The Balaban J connectivity index is 1.42. The van der Waals surface area contributed by atoms with Crippen molar-refractivity contribution in [2.24, 2.45) is 5.92 Å². The van der Waals surface area contributed by atoms with Gasteiger partial charge in [0.1, 0.15) is 0 Å². The molecule has 2 aliphatic heterocycles. The van der Waals surface area contributed by atoms with Crippen molar-refractivity contribution in [2.75, 3.05) is 25.4 Å². The number of hydrogen-bond acceptors (Lipinski definition) is 3. The van der Waals surface area contributed by atoms with E-state index in [0.29, 0.717) is 5.91 Å². The van der Waals surface area contributed by atoms with Crippen molar-refractivity contribution in [1.82, 2.24) is 9.80 Å². The van der Waals surface area contributed by atoms with Gasteiger partial charge in [0, 0.05) is 31.3 Å². The number of amides is 2. The Bertz CT molecular complexity index is 694. The summed E-state index contributed by atoms with van der Waals surface area (Å²) < 4.78 is 0. The highest BCUT2D eigenvalue weighted by molar-refractivity contribution is 8.00. The van der Waals surface area contributed by atoms with Gasteiger partial charge in [0.05, 0.1) is 10.8 Å². The molecule has 1 aromatic rings. The summed E-state index contributed by atoms with van der Waals surface area (Å²) in [5.74, 6) is 1.87. The van der Waals surface area contributed by atoms with Crippen LogP contribution in [0.15, 0.2) is 30.3 Å². The molecule has 2 amide bonds. The van der Waals surface area contributed by atoms with Crippen LogP contribution in [-0.2, 0) is 9.59 Å². The number of nitrogens with zero attached hydrogens (tertiary/aromatic N) is 2. The normalized spacial score (nSPS) is 23.3. The molecule has 1 spiro atoms. The van der Waals surface area contributed by atoms with Gasteiger partial charge < -0.3 is 9.80 Å². The molecule has 3 aliphatic rings. The summed E-state index contributed by atoms with van der Waals surface area (Å²) in [4.78, 5) is 30.5. The molecule has 0 radical (unpaired) electrons. The van der Waals surface area contributed by atoms with Gasteiger partial charge in [-0.25, -0.2) is 0 Å². The molecule has 28 heavy (non-hydrogen) atoms. The van der Waals surface area contributed by atoms with E-state index in [2.05, 4.69) is 24.0 Å². The highest BCUT2D eigenvalue weighted by atomic mass is 32.2. The molecule has 2 saturated heterocycles. The maximum Gasteiger partial charge on any atom is 0.230 e. The lowest BCUT2D eigenvalue weighted by Gasteiger charge is -2.45. The predicted molar refractivity (Wildman–Crippen MR) is 114 cm³/mol. The number of hydrogen-bond donors (Lipinski definition) is 0. The average Bonchev–Trinajstić information content (AvgIpc) is 3.40. The van der Waals surface area contributed by atoms with Crippen molar-refractivity contribution in [3.05, 3.63) is 35.9 Å². The van der Waals surface area contributed by atoms with Gasteiger partial charge in [0.2, 0.25) is 11.8 Å². The van der Waals surface area contributed by atoms with Crippen LogP contribution in [0, 0.1) is 5.92 Å². The maximum absolute atomic E-state index is 13.2. The van der Waals surface area contributed by atoms with Crippen LogP contribution >= 0.6 is 11.8 Å². The zero-order chi connectivity index (χ0) is 19.6. The second-order valence-corrected chi connectivity index (χ2v) is 9.92. The topological polar surface area (TPSA) is 40.6 Å². The summed E-state index contributed by atoms with van der Waals surface area (Å²) in [5.41, 5.74) is 1.11. The molecule has 1 saturated carbocycles. The number of likely N-dealkylation sites (tertiary alicyclic amines) is 1. The SMILES string of the molecule is CCC(C(=O)N1CCC2(CC1)SCCN2C(=O)C1CCCC1)c1ccccc1. The number of carbonyl (C=O) groups excluding carboxylic acids is 2. The van der Waals surface area contributed by atoms with Crippen LogP contribution in [0.3, 0.4) is 0 Å². The van der Waals surface area contributed by atoms with Crippen molar-refractivity contribution in [2.45, 2.75) is 62.7 Å². The molecule has 1 atom stereocenters. The fourth-order valence-electron chi connectivity index (χ4n) is 5.26. The van der Waals surface area contributed by atoms with E-state index in [1.54, 1.807) is 0 Å². The lowest BCUT2D eigenvalue weighted by atomic mass is 9.93. The van der Waals surface area contributed by atoms with Crippen LogP contribution in [0.1, 0.15) is 63.4 Å². The Kier molecular flexibility index (Phi) is 6.00. The molecule has 0 N–H and O–H groups in total. The van der Waals surface area contributed by atoms with Gasteiger partial charge >= 0.3 is 0 Å². The Morgan fingerprint density at radius 1 is 1.11 bits per heavy atom. The standard InChI is InChI=1S/C23H32N2O2S/c1-2-20(18-8-4-3-5-9-18)22(27)24-14-12-23(13-15-24)25(16-17-28-23)21(26)19-10-6-7-11-19/h3-5,8-9,19-20H,2,6-7,10-17H2,1H3. The van der Waals surface area contributed by atoms with E-state index in [-0.39, 0.29) is 22.6 Å². The highest BCUT2D eigenvalue weighted by Gasteiger charge is 2.48. The molecule has 1 aromatic carbocycles. The molecule has 0 aromatic heterocycles. The van der Waals surface area contributed by atoms with Crippen LogP contribution in [0.4, 0.5) is 0 Å². The molecular formula is C23H32N2O2S. The number of carbonyl (C=O) groups is 2. The first-order chi connectivity index (χ1) is 13.6. The Labute approximate surface area is 173 Å². The van der Waals surface area contributed by atoms with Gasteiger partial charge in [-0.15, -0.1) is 11.8 Å². The summed E-state index contributed by atoms with van der Waals surface area (Å²) in [6.07, 6.45) is 7.17. The minimum Gasteiger partial charge on any atom is -0.342 e. The van der Waals surface area contributed by atoms with Crippen molar-refractivity contribution in [3.63, 3.8) is 0 Å². The quantitative estimate of drug-likeness (QED) is 0.758. The summed E-state index contributed by atoms with van der Waals surface area (Å²) in [7, 11) is 0. The largest absolute Gasteiger partial charge is 0.342 e. The first-order valence-corrected chi connectivity index (χ1v) is 11.9. The molecule has 1 unspecified atom stereocenters. The van der Waals surface area contributed by atoms with Gasteiger partial charge in [-0.1, -0.05) is 50.1 Å². The summed E-state index contributed by atoms with van der Waals surface area (Å²) >= 11 is 1.95. The van der Waals surface area contributed by atoms with E-state index >= 15 is 0 Å². The summed E-state index contributed by atoms with van der Waals surface area (Å²) in [5, 5.41) is 0. The smallest absolute Gasteiger partial charge is 0.230 e. The number of benzene rings is 1. The summed E-state index contributed by atoms with van der Waals surface area (Å²) in [6.45, 7) is 4.51. The highest BCUT2D eigenvalue weighted by Crippen LogP contribution is 2.46. The van der Waals surface area contributed by atoms with Crippen LogP contribution in [0.25, 0.3) is 0 Å². The third kappa shape index (κ3) is 3.70. The number of piperidine rings is 1. The third-order valence-electron chi connectivity index (χ3n) is 6.91. The van der Waals surface area contributed by atoms with E-state index in [9.17, 15) is 9.59 Å². The number of rotatable bonds is 4. The zero-order valence-corrected chi connectivity index (χ0v) is 17.8. The fraction of sp³-hybridized carbons (Fsp3) is 0.652. The van der Waals surface area contributed by atoms with Gasteiger partial charge in [-0.05, 0) is 37.7 Å². The number of thioether (sulfide) groups is 1. The summed E-state index contributed by atoms with van der Waals surface area (Å²) in [6, 6.07) is 10.1. The second-order valence-electron chi connectivity index (χ2n) is 8.46. The Morgan fingerprint density at radius 2 is 1.79 bits per heavy atom. The minimum absolute atomic E-state index is 0.0531. The molecule has 2 heterocycles. The first-order valence-electron chi connectivity index (χ1n) is 10.9. The average molecular weight is 401 g/mol. The molecule has 152 valence electrons. The van der Waals surface area contributed by atoms with Crippen LogP contribution in [-0.4, -0.2) is 51.9 Å². The van der Waals surface area contributed by atoms with Crippen LogP contribution in [0.2, 0.25) is 0 Å². The first kappa shape index (κ1) is 19.8. The minimum atomic E-state index is -0.0646. The Morgan fingerprint density at radius 3 is 2.43 bits per heavy atom.